The van der Waals surface area contributed by atoms with Crippen LogP contribution in [0.3, 0.4) is 0 Å². The third-order valence-corrected chi connectivity index (χ3v) is 8.35. The summed E-state index contributed by atoms with van der Waals surface area (Å²) in [6, 6.07) is 11.9. The Bertz CT molecular complexity index is 1620. The van der Waals surface area contributed by atoms with Crippen molar-refractivity contribution in [3.8, 4) is 0 Å². The van der Waals surface area contributed by atoms with E-state index in [-0.39, 0.29) is 53.5 Å². The molecule has 42 heavy (non-hydrogen) atoms. The molecule has 0 unspecified atom stereocenters. The highest BCUT2D eigenvalue weighted by Crippen LogP contribution is 2.52. The molecule has 1 aliphatic heterocycles. The first-order chi connectivity index (χ1) is 20.2. The predicted octanol–water partition coefficient (Wildman–Crippen LogP) is 5.69. The minimum Gasteiger partial charge on any atom is -0.465 e. The smallest absolute Gasteiger partial charge is 0.338 e. The van der Waals surface area contributed by atoms with Crippen LogP contribution < -0.4 is 10.6 Å². The fraction of sp³-hybridized carbons (Fsp3) is 0.258. The first-order valence-corrected chi connectivity index (χ1v) is 14.2. The van der Waals surface area contributed by atoms with Gasteiger partial charge in [0.25, 0.3) is 0 Å². The third kappa shape index (κ3) is 4.98. The molecule has 0 fully saturated rings. The van der Waals surface area contributed by atoms with Gasteiger partial charge in [-0.15, -0.1) is 11.3 Å². The Labute approximate surface area is 244 Å². The molecule has 3 atom stereocenters. The summed E-state index contributed by atoms with van der Waals surface area (Å²) >= 11 is 1.32. The van der Waals surface area contributed by atoms with Crippen molar-refractivity contribution in [2.45, 2.75) is 32.1 Å². The zero-order valence-corrected chi connectivity index (χ0v) is 23.6. The molecule has 7 nitrogen and oxygen atoms in total. The maximum atomic E-state index is 15.5. The average Bonchev–Trinajstić information content (AvgIpc) is 3.49. The molecule has 2 heterocycles. The molecule has 0 amide bonds. The van der Waals surface area contributed by atoms with Crippen LogP contribution in [0.25, 0.3) is 0 Å². The number of anilines is 1. The molecule has 5 rings (SSSR count). The first-order valence-electron chi connectivity index (χ1n) is 13.3. The quantitative estimate of drug-likeness (QED) is 0.276. The van der Waals surface area contributed by atoms with Crippen molar-refractivity contribution in [2.75, 3.05) is 18.1 Å². The molecule has 1 aliphatic carbocycles. The number of rotatable bonds is 7. The molecular formula is C31H27F3N2O5S. The maximum absolute atomic E-state index is 15.5. The Balaban J connectivity index is 1.85. The van der Waals surface area contributed by atoms with Crippen molar-refractivity contribution in [3.63, 3.8) is 0 Å². The highest BCUT2D eigenvalue weighted by atomic mass is 32.1. The molecule has 2 aromatic carbocycles. The number of ether oxygens (including phenoxy) is 2. The largest absolute Gasteiger partial charge is 0.465 e. The fourth-order valence-corrected chi connectivity index (χ4v) is 6.53. The van der Waals surface area contributed by atoms with Crippen LogP contribution in [0.5, 0.6) is 0 Å². The van der Waals surface area contributed by atoms with Crippen molar-refractivity contribution in [2.24, 2.45) is 11.7 Å². The number of benzene rings is 2. The lowest BCUT2D eigenvalue weighted by molar-refractivity contribution is -0.152. The third-order valence-electron chi connectivity index (χ3n) is 7.35. The SMILES string of the molecule is CCOC(=O)C1=C(N)N(c2ccc(F)cc2F)C2=C(C(=O)[C@H](C(=O)OCC)[C@H](c3cccs3)C2)[C@H]1c1ccccc1F. The van der Waals surface area contributed by atoms with Crippen LogP contribution in [0.2, 0.25) is 0 Å². The van der Waals surface area contributed by atoms with Gasteiger partial charge in [0.05, 0.1) is 30.4 Å². The number of ketones is 1. The van der Waals surface area contributed by atoms with E-state index in [9.17, 15) is 18.8 Å². The van der Waals surface area contributed by atoms with Crippen molar-refractivity contribution in [1.82, 2.24) is 0 Å². The lowest BCUT2D eigenvalue weighted by Crippen LogP contribution is -2.46. The standard InChI is InChI=1S/C31H27F3N2O5S/c1-3-40-30(38)25-18(23-10-7-13-42-23)15-22-26(28(25)37)24(17-8-5-6-9-19(17)33)27(31(39)41-4-2)29(35)36(22)21-12-11-16(32)14-20(21)34/h5-14,18,24-25H,3-4,15,35H2,1-2H3/t18-,24+,25+/m0/s1. The van der Waals surface area contributed by atoms with E-state index in [0.29, 0.717) is 10.9 Å². The van der Waals surface area contributed by atoms with Gasteiger partial charge in [-0.25, -0.2) is 18.0 Å². The van der Waals surface area contributed by atoms with E-state index in [4.69, 9.17) is 15.2 Å². The maximum Gasteiger partial charge on any atom is 0.338 e. The molecule has 2 N–H and O–H groups in total. The van der Waals surface area contributed by atoms with Gasteiger partial charge in [-0.3, -0.25) is 14.5 Å². The van der Waals surface area contributed by atoms with Gasteiger partial charge in [0, 0.05) is 33.7 Å². The van der Waals surface area contributed by atoms with E-state index in [1.807, 2.05) is 0 Å². The Morgan fingerprint density at radius 2 is 1.74 bits per heavy atom. The summed E-state index contributed by atoms with van der Waals surface area (Å²) in [6.07, 6.45) is -0.0242. The molecule has 0 radical (unpaired) electrons. The Hall–Kier alpha value is -4.38. The number of nitrogens with zero attached hydrogens (tertiary/aromatic N) is 1. The van der Waals surface area contributed by atoms with Crippen LogP contribution >= 0.6 is 11.3 Å². The van der Waals surface area contributed by atoms with Gasteiger partial charge in [0.15, 0.2) is 5.78 Å². The van der Waals surface area contributed by atoms with E-state index in [1.54, 1.807) is 31.4 Å². The molecule has 0 saturated heterocycles. The second-order valence-electron chi connectivity index (χ2n) is 9.69. The van der Waals surface area contributed by atoms with E-state index in [1.165, 1.54) is 40.5 Å². The van der Waals surface area contributed by atoms with E-state index in [0.717, 1.165) is 12.1 Å². The van der Waals surface area contributed by atoms with Gasteiger partial charge in [0.1, 0.15) is 29.2 Å². The predicted molar refractivity (Wildman–Crippen MR) is 150 cm³/mol. The summed E-state index contributed by atoms with van der Waals surface area (Å²) in [5.74, 6) is -8.80. The highest BCUT2D eigenvalue weighted by molar-refractivity contribution is 7.10. The molecule has 218 valence electrons. The van der Waals surface area contributed by atoms with Gasteiger partial charge in [-0.1, -0.05) is 24.3 Å². The number of thiophene rings is 1. The number of nitrogens with two attached hydrogens (primary N) is 1. The van der Waals surface area contributed by atoms with Crippen LogP contribution in [0.15, 0.2) is 82.6 Å². The monoisotopic (exact) mass is 596 g/mol. The van der Waals surface area contributed by atoms with E-state index >= 15 is 8.78 Å². The van der Waals surface area contributed by atoms with Crippen molar-refractivity contribution in [1.29, 1.82) is 0 Å². The topological polar surface area (TPSA) is 98.9 Å². The number of halogens is 3. The fourth-order valence-electron chi connectivity index (χ4n) is 5.67. The molecule has 0 spiro atoms. The first kappa shape index (κ1) is 29.1. The van der Waals surface area contributed by atoms with Gasteiger partial charge in [-0.2, -0.15) is 0 Å². The summed E-state index contributed by atoms with van der Waals surface area (Å²) in [5, 5.41) is 1.79. The molecular weight excluding hydrogens is 569 g/mol. The van der Waals surface area contributed by atoms with E-state index in [2.05, 4.69) is 0 Å². The Morgan fingerprint density at radius 3 is 2.38 bits per heavy atom. The second-order valence-corrected chi connectivity index (χ2v) is 10.7. The highest BCUT2D eigenvalue weighted by Gasteiger charge is 2.52. The number of carbonyl (C=O) groups is 3. The summed E-state index contributed by atoms with van der Waals surface area (Å²) in [4.78, 5) is 43.2. The number of Topliss-reactive ketones (excluding diaryl/α,β-unsaturated/α-hetero) is 1. The molecule has 1 aromatic heterocycles. The van der Waals surface area contributed by atoms with Crippen LogP contribution in [-0.4, -0.2) is 30.9 Å². The molecule has 3 aromatic rings. The summed E-state index contributed by atoms with van der Waals surface area (Å²) in [6.45, 7) is 3.11. The van der Waals surface area contributed by atoms with Crippen LogP contribution in [0.1, 0.15) is 42.5 Å². The van der Waals surface area contributed by atoms with Crippen molar-refractivity contribution >= 4 is 34.7 Å². The second kappa shape index (κ2) is 11.8. The number of carbonyl (C=O) groups excluding carboxylic acids is 3. The van der Waals surface area contributed by atoms with Gasteiger partial charge in [0.2, 0.25) is 0 Å². The van der Waals surface area contributed by atoms with Crippen LogP contribution in [0, 0.1) is 23.4 Å². The minimum absolute atomic E-state index is 0.0102. The Morgan fingerprint density at radius 1 is 1.00 bits per heavy atom. The number of esters is 2. The molecule has 2 aliphatic rings. The molecule has 0 saturated carbocycles. The Kier molecular flexibility index (Phi) is 8.22. The van der Waals surface area contributed by atoms with Crippen LogP contribution in [-0.2, 0) is 23.9 Å². The van der Waals surface area contributed by atoms with Gasteiger partial charge < -0.3 is 15.2 Å². The normalized spacial score (nSPS) is 20.5. The summed E-state index contributed by atoms with van der Waals surface area (Å²) in [7, 11) is 0. The number of hydrogen-bond donors (Lipinski definition) is 1. The van der Waals surface area contributed by atoms with Gasteiger partial charge >= 0.3 is 11.9 Å². The molecule has 11 heteroatoms. The van der Waals surface area contributed by atoms with E-state index < -0.39 is 52.9 Å². The van der Waals surface area contributed by atoms with Crippen molar-refractivity contribution in [3.05, 3.63) is 111 Å². The minimum atomic E-state index is -1.38. The summed E-state index contributed by atoms with van der Waals surface area (Å²) < 4.78 is 55.4. The lowest BCUT2D eigenvalue weighted by atomic mass is 9.68. The zero-order chi connectivity index (χ0) is 30.1. The molecule has 0 bridgehead atoms. The number of hydrogen-bond acceptors (Lipinski definition) is 8. The van der Waals surface area contributed by atoms with Crippen LogP contribution in [0.4, 0.5) is 18.9 Å². The van der Waals surface area contributed by atoms with Gasteiger partial charge in [-0.05, 0) is 49.9 Å². The summed E-state index contributed by atoms with van der Waals surface area (Å²) in [5.41, 5.74) is 6.06. The zero-order valence-electron chi connectivity index (χ0n) is 22.7. The lowest BCUT2D eigenvalue weighted by Gasteiger charge is -2.43. The van der Waals surface area contributed by atoms with Crippen molar-refractivity contribution < 1.29 is 37.0 Å². The average molecular weight is 597 g/mol. The number of allylic oxidation sites excluding steroid dienone is 2.